The largest absolute Gasteiger partial charge is 0.478 e. The van der Waals surface area contributed by atoms with E-state index in [1.807, 2.05) is 12.1 Å². The first-order valence-corrected chi connectivity index (χ1v) is 11.9. The van der Waals surface area contributed by atoms with Crippen LogP contribution in [0.25, 0.3) is 10.8 Å². The molecule has 0 radical (unpaired) electrons. The molecular formula is C26H31N5O2. The molecule has 0 unspecified atom stereocenters. The molecule has 1 saturated heterocycles. The number of benzene rings is 1. The van der Waals surface area contributed by atoms with E-state index in [0.717, 1.165) is 69.1 Å². The Labute approximate surface area is 194 Å². The number of unbranched alkanes of at least 4 members (excludes halogenated alkanes) is 1. The topological polar surface area (TPSA) is 70.6 Å². The smallest absolute Gasteiger partial charge is 0.225 e. The summed E-state index contributed by atoms with van der Waals surface area (Å²) in [6.07, 6.45) is 3.35. The van der Waals surface area contributed by atoms with Crippen molar-refractivity contribution < 1.29 is 9.53 Å². The quantitative estimate of drug-likeness (QED) is 0.558. The number of rotatable bonds is 7. The lowest BCUT2D eigenvalue weighted by Crippen LogP contribution is -2.47. The fourth-order valence-electron chi connectivity index (χ4n) is 4.65. The van der Waals surface area contributed by atoms with Gasteiger partial charge in [-0.3, -0.25) is 9.69 Å². The zero-order valence-corrected chi connectivity index (χ0v) is 19.2. The maximum absolute atomic E-state index is 11.6. The van der Waals surface area contributed by atoms with Crippen LogP contribution in [0.5, 0.6) is 5.88 Å². The SMILES string of the molecule is Cc1cc2ccccc2c(N2CCN(CCCCOc3ccc4c(n3)NC(=O)CC4)CC2)n1. The van der Waals surface area contributed by atoms with E-state index in [-0.39, 0.29) is 5.91 Å². The van der Waals surface area contributed by atoms with E-state index in [2.05, 4.69) is 57.4 Å². The van der Waals surface area contributed by atoms with Crippen LogP contribution < -0.4 is 15.0 Å². The molecule has 7 heteroatoms. The maximum atomic E-state index is 11.6. The highest BCUT2D eigenvalue weighted by atomic mass is 16.5. The summed E-state index contributed by atoms with van der Waals surface area (Å²) in [5.74, 6) is 2.38. The van der Waals surface area contributed by atoms with Gasteiger partial charge in [-0.25, -0.2) is 4.98 Å². The highest BCUT2D eigenvalue weighted by Gasteiger charge is 2.20. The predicted octanol–water partition coefficient (Wildman–Crippen LogP) is 3.80. The van der Waals surface area contributed by atoms with Crippen molar-refractivity contribution in [3.63, 3.8) is 0 Å². The third kappa shape index (κ3) is 5.09. The molecule has 7 nitrogen and oxygen atoms in total. The Morgan fingerprint density at radius 1 is 1.00 bits per heavy atom. The maximum Gasteiger partial charge on any atom is 0.225 e. The van der Waals surface area contributed by atoms with Crippen LogP contribution in [-0.4, -0.2) is 60.1 Å². The Morgan fingerprint density at radius 3 is 2.73 bits per heavy atom. The van der Waals surface area contributed by atoms with Crippen molar-refractivity contribution in [2.24, 2.45) is 0 Å². The molecule has 5 rings (SSSR count). The third-order valence-electron chi connectivity index (χ3n) is 6.47. The number of nitrogens with zero attached hydrogens (tertiary/aromatic N) is 4. The Hall–Kier alpha value is -3.19. The first-order chi connectivity index (χ1) is 16.2. The number of carbonyl (C=O) groups excluding carboxylic acids is 1. The first kappa shape index (κ1) is 21.6. The Kier molecular flexibility index (Phi) is 6.39. The summed E-state index contributed by atoms with van der Waals surface area (Å²) in [6.45, 7) is 7.90. The molecule has 0 bridgehead atoms. The molecular weight excluding hydrogens is 414 g/mol. The number of aryl methyl sites for hydroxylation is 2. The van der Waals surface area contributed by atoms with Crippen LogP contribution in [0.4, 0.5) is 11.6 Å². The van der Waals surface area contributed by atoms with E-state index in [1.165, 1.54) is 10.8 Å². The second-order valence-corrected chi connectivity index (χ2v) is 8.90. The minimum atomic E-state index is 0.0265. The van der Waals surface area contributed by atoms with Crippen molar-refractivity contribution in [3.05, 3.63) is 53.7 Å². The molecule has 0 aliphatic carbocycles. The van der Waals surface area contributed by atoms with Gasteiger partial charge in [-0.05, 0) is 55.8 Å². The molecule has 1 N–H and O–H groups in total. The summed E-state index contributed by atoms with van der Waals surface area (Å²) in [6, 6.07) is 14.6. The lowest BCUT2D eigenvalue weighted by molar-refractivity contribution is -0.116. The normalized spacial score (nSPS) is 16.5. The first-order valence-electron chi connectivity index (χ1n) is 11.9. The van der Waals surface area contributed by atoms with Gasteiger partial charge in [0.1, 0.15) is 11.6 Å². The average Bonchev–Trinajstić information content (AvgIpc) is 2.83. The van der Waals surface area contributed by atoms with Crippen LogP contribution >= 0.6 is 0 Å². The average molecular weight is 446 g/mol. The summed E-state index contributed by atoms with van der Waals surface area (Å²) < 4.78 is 5.83. The van der Waals surface area contributed by atoms with Crippen molar-refractivity contribution in [3.8, 4) is 5.88 Å². The van der Waals surface area contributed by atoms with Crippen LogP contribution in [0.1, 0.15) is 30.5 Å². The summed E-state index contributed by atoms with van der Waals surface area (Å²) in [5, 5.41) is 5.33. The third-order valence-corrected chi connectivity index (χ3v) is 6.47. The number of hydrogen-bond acceptors (Lipinski definition) is 6. The zero-order valence-electron chi connectivity index (χ0n) is 19.2. The molecule has 0 atom stereocenters. The molecule has 2 aliphatic heterocycles. The van der Waals surface area contributed by atoms with Gasteiger partial charge in [-0.2, -0.15) is 4.98 Å². The van der Waals surface area contributed by atoms with E-state index in [0.29, 0.717) is 24.7 Å². The van der Waals surface area contributed by atoms with Crippen LogP contribution in [0.3, 0.4) is 0 Å². The molecule has 1 amide bonds. The molecule has 0 spiro atoms. The van der Waals surface area contributed by atoms with Crippen molar-refractivity contribution >= 4 is 28.3 Å². The zero-order chi connectivity index (χ0) is 22.6. The Morgan fingerprint density at radius 2 is 1.85 bits per heavy atom. The second-order valence-electron chi connectivity index (χ2n) is 8.90. The van der Waals surface area contributed by atoms with E-state index in [1.54, 1.807) is 0 Å². The minimum absolute atomic E-state index is 0.0265. The predicted molar refractivity (Wildman–Crippen MR) is 131 cm³/mol. The number of hydrogen-bond donors (Lipinski definition) is 1. The van der Waals surface area contributed by atoms with E-state index in [9.17, 15) is 4.79 Å². The second kappa shape index (κ2) is 9.75. The molecule has 1 aromatic carbocycles. The summed E-state index contributed by atoms with van der Waals surface area (Å²) in [4.78, 5) is 25.8. The van der Waals surface area contributed by atoms with Gasteiger partial charge in [0.2, 0.25) is 11.8 Å². The number of fused-ring (bicyclic) bond motifs is 2. The van der Waals surface area contributed by atoms with Gasteiger partial charge in [-0.1, -0.05) is 24.3 Å². The number of amides is 1. The number of ether oxygens (including phenoxy) is 1. The number of carbonyl (C=O) groups is 1. The molecule has 0 saturated carbocycles. The Balaban J connectivity index is 1.06. The minimum Gasteiger partial charge on any atom is -0.478 e. The molecule has 3 aromatic rings. The van der Waals surface area contributed by atoms with Gasteiger partial charge in [0.25, 0.3) is 0 Å². The van der Waals surface area contributed by atoms with Crippen LogP contribution in [0, 0.1) is 6.92 Å². The van der Waals surface area contributed by atoms with Crippen molar-refractivity contribution in [2.45, 2.75) is 32.6 Å². The van der Waals surface area contributed by atoms with Gasteiger partial charge in [0, 0.05) is 49.7 Å². The fourth-order valence-corrected chi connectivity index (χ4v) is 4.65. The molecule has 1 fully saturated rings. The lowest BCUT2D eigenvalue weighted by Gasteiger charge is -2.36. The van der Waals surface area contributed by atoms with Crippen LogP contribution in [-0.2, 0) is 11.2 Å². The van der Waals surface area contributed by atoms with Gasteiger partial charge in [0.15, 0.2) is 0 Å². The van der Waals surface area contributed by atoms with Gasteiger partial charge < -0.3 is 15.0 Å². The fraction of sp³-hybridized carbons (Fsp3) is 0.423. The van der Waals surface area contributed by atoms with E-state index >= 15 is 0 Å². The summed E-state index contributed by atoms with van der Waals surface area (Å²) >= 11 is 0. The number of piperazine rings is 1. The molecule has 2 aromatic heterocycles. The highest BCUT2D eigenvalue weighted by molar-refractivity contribution is 5.93. The Bertz CT molecular complexity index is 1140. The van der Waals surface area contributed by atoms with Gasteiger partial charge in [0.05, 0.1) is 6.61 Å². The van der Waals surface area contributed by atoms with Crippen molar-refractivity contribution in [2.75, 3.05) is 49.5 Å². The van der Waals surface area contributed by atoms with Crippen LogP contribution in [0.2, 0.25) is 0 Å². The van der Waals surface area contributed by atoms with Crippen LogP contribution in [0.15, 0.2) is 42.5 Å². The van der Waals surface area contributed by atoms with Crippen molar-refractivity contribution in [1.29, 1.82) is 0 Å². The lowest BCUT2D eigenvalue weighted by atomic mass is 10.1. The standard InChI is InChI=1S/C26H31N5O2/c1-19-18-21-6-2-3-7-22(21)26(27-19)31-15-13-30(14-16-31)12-4-5-17-33-24-11-9-20-8-10-23(32)28-25(20)29-24/h2-3,6-7,9,11,18H,4-5,8,10,12-17H2,1H3,(H,28,29,32). The van der Waals surface area contributed by atoms with E-state index in [4.69, 9.17) is 9.72 Å². The molecule has 172 valence electrons. The summed E-state index contributed by atoms with van der Waals surface area (Å²) in [5.41, 5.74) is 2.15. The highest BCUT2D eigenvalue weighted by Crippen LogP contribution is 2.27. The molecule has 2 aliphatic rings. The van der Waals surface area contributed by atoms with Gasteiger partial charge >= 0.3 is 0 Å². The monoisotopic (exact) mass is 445 g/mol. The number of nitrogens with one attached hydrogen (secondary N) is 1. The molecule has 4 heterocycles. The number of anilines is 2. The summed E-state index contributed by atoms with van der Waals surface area (Å²) in [7, 11) is 0. The van der Waals surface area contributed by atoms with Gasteiger partial charge in [-0.15, -0.1) is 0 Å². The molecule has 33 heavy (non-hydrogen) atoms. The van der Waals surface area contributed by atoms with E-state index < -0.39 is 0 Å². The number of aromatic nitrogens is 2. The van der Waals surface area contributed by atoms with Crippen molar-refractivity contribution in [1.82, 2.24) is 14.9 Å². The number of pyridine rings is 2.